The molecule has 1 atom stereocenters. The summed E-state index contributed by atoms with van der Waals surface area (Å²) in [5, 5.41) is 11.4. The van der Waals surface area contributed by atoms with Gasteiger partial charge in [-0.15, -0.1) is 11.3 Å². The molecule has 1 aliphatic carbocycles. The molecule has 0 fully saturated rings. The first-order valence-electron chi connectivity index (χ1n) is 4.34. The van der Waals surface area contributed by atoms with Crippen LogP contribution in [0.1, 0.15) is 18.4 Å². The minimum Gasteiger partial charge on any atom is -0.389 e. The number of allylic oxidation sites excluding steroid dienone is 1. The van der Waals surface area contributed by atoms with Crippen LogP contribution in [0.25, 0.3) is 0 Å². The monoisotopic (exact) mass is 214 g/mol. The van der Waals surface area contributed by atoms with Crippen molar-refractivity contribution in [1.82, 2.24) is 0 Å². The molecular weight excluding hydrogens is 204 g/mol. The summed E-state index contributed by atoms with van der Waals surface area (Å²) < 4.78 is 0.842. The molecule has 0 aromatic carbocycles. The predicted octanol–water partition coefficient (Wildman–Crippen LogP) is 3.03. The van der Waals surface area contributed by atoms with Gasteiger partial charge >= 0.3 is 0 Å². The summed E-state index contributed by atoms with van der Waals surface area (Å²) in [4.78, 5) is 0. The fourth-order valence-corrected chi connectivity index (χ4v) is 2.53. The molecule has 2 rings (SSSR count). The first-order valence-corrected chi connectivity index (χ1v) is 5.60. The van der Waals surface area contributed by atoms with E-state index in [-0.39, 0.29) is 6.10 Å². The molecule has 0 amide bonds. The Hall–Kier alpha value is -0.310. The minimum atomic E-state index is -0.218. The number of hydrogen-bond donors (Lipinski definition) is 1. The summed E-state index contributed by atoms with van der Waals surface area (Å²) in [7, 11) is 0. The highest BCUT2D eigenvalue weighted by molar-refractivity contribution is 7.14. The first-order chi connectivity index (χ1) is 6.24. The van der Waals surface area contributed by atoms with E-state index in [0.717, 1.165) is 23.6 Å². The van der Waals surface area contributed by atoms with E-state index in [2.05, 4.69) is 5.38 Å². The van der Waals surface area contributed by atoms with Crippen molar-refractivity contribution in [1.29, 1.82) is 0 Å². The molecule has 0 radical (unpaired) electrons. The maximum atomic E-state index is 9.28. The van der Waals surface area contributed by atoms with Crippen LogP contribution in [0.3, 0.4) is 0 Å². The summed E-state index contributed by atoms with van der Waals surface area (Å²) in [6.45, 7) is 0. The second-order valence-electron chi connectivity index (χ2n) is 3.37. The smallest absolute Gasteiger partial charge is 0.0931 e. The van der Waals surface area contributed by atoms with Gasteiger partial charge in [-0.3, -0.25) is 0 Å². The van der Waals surface area contributed by atoms with E-state index >= 15 is 0 Å². The largest absolute Gasteiger partial charge is 0.389 e. The molecule has 1 unspecified atom stereocenters. The molecule has 13 heavy (non-hydrogen) atoms. The molecule has 0 spiro atoms. The fraction of sp³-hybridized carbons (Fsp3) is 0.400. The van der Waals surface area contributed by atoms with Gasteiger partial charge in [-0.05, 0) is 36.3 Å². The van der Waals surface area contributed by atoms with E-state index in [4.69, 9.17) is 11.6 Å². The van der Waals surface area contributed by atoms with Crippen molar-refractivity contribution in [3.63, 3.8) is 0 Å². The molecule has 0 saturated heterocycles. The zero-order valence-electron chi connectivity index (χ0n) is 7.16. The zero-order chi connectivity index (χ0) is 9.26. The average Bonchev–Trinajstić information content (AvgIpc) is 2.62. The molecule has 0 aliphatic heterocycles. The molecule has 1 aliphatic rings. The number of aliphatic hydroxyl groups excluding tert-OH is 1. The summed E-state index contributed by atoms with van der Waals surface area (Å²) >= 11 is 7.39. The van der Waals surface area contributed by atoms with Gasteiger partial charge in [0.05, 0.1) is 10.4 Å². The van der Waals surface area contributed by atoms with Gasteiger partial charge in [-0.25, -0.2) is 0 Å². The number of rotatable bonds is 2. The first kappa shape index (κ1) is 9.25. The Morgan fingerprint density at radius 1 is 1.62 bits per heavy atom. The van der Waals surface area contributed by atoms with Crippen molar-refractivity contribution in [2.45, 2.75) is 25.4 Å². The third-order valence-corrected chi connectivity index (χ3v) is 3.38. The molecule has 0 bridgehead atoms. The second kappa shape index (κ2) is 3.82. The van der Waals surface area contributed by atoms with Gasteiger partial charge in [0.15, 0.2) is 0 Å². The Bertz CT molecular complexity index is 329. The highest BCUT2D eigenvalue weighted by Crippen LogP contribution is 2.26. The summed E-state index contributed by atoms with van der Waals surface area (Å²) in [5.74, 6) is 0. The summed E-state index contributed by atoms with van der Waals surface area (Å²) in [5.41, 5.74) is 2.59. The Balaban J connectivity index is 2.02. The Morgan fingerprint density at radius 3 is 3.00 bits per heavy atom. The van der Waals surface area contributed by atoms with Crippen molar-refractivity contribution >= 4 is 22.9 Å². The lowest BCUT2D eigenvalue weighted by Gasteiger charge is -1.96. The van der Waals surface area contributed by atoms with Crippen molar-refractivity contribution in [2.24, 2.45) is 0 Å². The molecule has 1 aromatic heterocycles. The lowest BCUT2D eigenvalue weighted by atomic mass is 10.1. The second-order valence-corrected chi connectivity index (χ2v) is 4.91. The van der Waals surface area contributed by atoms with Gasteiger partial charge < -0.3 is 5.11 Å². The van der Waals surface area contributed by atoms with E-state index in [1.54, 1.807) is 11.3 Å². The normalized spacial score (nSPS) is 22.0. The SMILES string of the molecule is OC1C=C(Cc2csc(Cl)c2)CC1. The minimum absolute atomic E-state index is 0.218. The van der Waals surface area contributed by atoms with Crippen LogP contribution in [0.4, 0.5) is 0 Å². The highest BCUT2D eigenvalue weighted by atomic mass is 35.5. The summed E-state index contributed by atoms with van der Waals surface area (Å²) in [6, 6.07) is 2.00. The molecule has 1 heterocycles. The average molecular weight is 215 g/mol. The standard InChI is InChI=1S/C10H11ClOS/c11-10-5-8(6-13-10)3-7-1-2-9(12)4-7/h4-6,9,12H,1-3H2. The fourth-order valence-electron chi connectivity index (χ4n) is 1.62. The topological polar surface area (TPSA) is 20.2 Å². The maximum Gasteiger partial charge on any atom is 0.0931 e. The van der Waals surface area contributed by atoms with E-state index in [9.17, 15) is 5.11 Å². The quantitative estimate of drug-likeness (QED) is 0.751. The van der Waals surface area contributed by atoms with Crippen LogP contribution in [0.2, 0.25) is 4.34 Å². The third-order valence-electron chi connectivity index (χ3n) is 2.24. The van der Waals surface area contributed by atoms with Crippen molar-refractivity contribution < 1.29 is 5.11 Å². The Kier molecular flexibility index (Phi) is 2.72. The molecule has 1 nitrogen and oxygen atoms in total. The highest BCUT2D eigenvalue weighted by Gasteiger charge is 2.13. The van der Waals surface area contributed by atoms with Crippen molar-refractivity contribution in [3.8, 4) is 0 Å². The predicted molar refractivity (Wildman–Crippen MR) is 56.4 cm³/mol. The van der Waals surface area contributed by atoms with Crippen LogP contribution in [-0.2, 0) is 6.42 Å². The van der Waals surface area contributed by atoms with Gasteiger partial charge in [0.25, 0.3) is 0 Å². The lowest BCUT2D eigenvalue weighted by Crippen LogP contribution is -1.93. The van der Waals surface area contributed by atoms with Crippen molar-refractivity contribution in [2.75, 3.05) is 0 Å². The van der Waals surface area contributed by atoms with Crippen LogP contribution in [0.15, 0.2) is 23.1 Å². The van der Waals surface area contributed by atoms with Gasteiger partial charge in [-0.2, -0.15) is 0 Å². The zero-order valence-corrected chi connectivity index (χ0v) is 8.74. The maximum absolute atomic E-state index is 9.28. The van der Waals surface area contributed by atoms with Gasteiger partial charge in [0, 0.05) is 0 Å². The Morgan fingerprint density at radius 2 is 2.46 bits per heavy atom. The van der Waals surface area contributed by atoms with Crippen LogP contribution >= 0.6 is 22.9 Å². The number of halogens is 1. The lowest BCUT2D eigenvalue weighted by molar-refractivity contribution is 0.223. The van der Waals surface area contributed by atoms with E-state index < -0.39 is 0 Å². The number of aliphatic hydroxyl groups is 1. The van der Waals surface area contributed by atoms with Gasteiger partial charge in [0.2, 0.25) is 0 Å². The van der Waals surface area contributed by atoms with E-state index in [0.29, 0.717) is 0 Å². The number of thiophene rings is 1. The Labute approximate surface area is 86.7 Å². The molecular formula is C10H11ClOS. The molecule has 1 N–H and O–H groups in total. The van der Waals surface area contributed by atoms with Crippen molar-refractivity contribution in [3.05, 3.63) is 33.0 Å². The van der Waals surface area contributed by atoms with Gasteiger partial charge in [-0.1, -0.05) is 23.3 Å². The third kappa shape index (κ3) is 2.33. The molecule has 0 saturated carbocycles. The van der Waals surface area contributed by atoms with E-state index in [1.807, 2.05) is 12.1 Å². The van der Waals surface area contributed by atoms with E-state index in [1.165, 1.54) is 11.1 Å². The van der Waals surface area contributed by atoms with Crippen LogP contribution in [0.5, 0.6) is 0 Å². The molecule has 3 heteroatoms. The van der Waals surface area contributed by atoms with Crippen LogP contribution in [0, 0.1) is 0 Å². The number of hydrogen-bond acceptors (Lipinski definition) is 2. The summed E-state index contributed by atoms with van der Waals surface area (Å²) in [6.07, 6.45) is 4.59. The molecule has 1 aromatic rings. The van der Waals surface area contributed by atoms with Crippen LogP contribution in [-0.4, -0.2) is 11.2 Å². The molecule has 70 valence electrons. The van der Waals surface area contributed by atoms with Gasteiger partial charge in [0.1, 0.15) is 0 Å². The van der Waals surface area contributed by atoms with Crippen LogP contribution < -0.4 is 0 Å².